The summed E-state index contributed by atoms with van der Waals surface area (Å²) >= 11 is 1.78. The number of methoxy groups -OCH3 is 2. The van der Waals surface area contributed by atoms with Crippen molar-refractivity contribution in [3.05, 3.63) is 23.7 Å². The zero-order valence-electron chi connectivity index (χ0n) is 10.4. The lowest BCUT2D eigenvalue weighted by atomic mass is 10.3. The van der Waals surface area contributed by atoms with Crippen LogP contribution in [0.3, 0.4) is 0 Å². The fourth-order valence-electron chi connectivity index (χ4n) is 1.33. The van der Waals surface area contributed by atoms with Crippen molar-refractivity contribution in [2.45, 2.75) is 18.6 Å². The molecular formula is C12H18O4S. The van der Waals surface area contributed by atoms with E-state index in [1.807, 2.05) is 6.07 Å². The third kappa shape index (κ3) is 4.44. The Morgan fingerprint density at radius 2 is 2.24 bits per heavy atom. The molecule has 0 aliphatic carbocycles. The van der Waals surface area contributed by atoms with Crippen LogP contribution in [-0.2, 0) is 9.47 Å². The fourth-order valence-corrected chi connectivity index (χ4v) is 2.26. The van der Waals surface area contributed by atoms with Gasteiger partial charge in [-0.1, -0.05) is 0 Å². The molecule has 0 aliphatic rings. The van der Waals surface area contributed by atoms with E-state index < -0.39 is 5.97 Å². The molecule has 1 atom stereocenters. The molecule has 0 saturated heterocycles. The van der Waals surface area contributed by atoms with Crippen molar-refractivity contribution in [1.29, 1.82) is 0 Å². The highest BCUT2D eigenvalue weighted by Gasteiger charge is 2.15. The Labute approximate surface area is 106 Å². The average molecular weight is 258 g/mol. The summed E-state index contributed by atoms with van der Waals surface area (Å²) in [6, 6.07) is 3.47. The van der Waals surface area contributed by atoms with Gasteiger partial charge in [-0.25, -0.2) is 4.79 Å². The van der Waals surface area contributed by atoms with Crippen LogP contribution in [0.25, 0.3) is 0 Å². The lowest BCUT2D eigenvalue weighted by Crippen LogP contribution is -1.98. The molecule has 0 amide bonds. The molecule has 0 spiro atoms. The summed E-state index contributed by atoms with van der Waals surface area (Å²) in [5, 5.41) is 0.227. The molecule has 1 aromatic rings. The van der Waals surface area contributed by atoms with Gasteiger partial charge in [-0.15, -0.1) is 0 Å². The number of carbonyl (C=O) groups excluding carboxylic acids is 1. The first-order valence-electron chi connectivity index (χ1n) is 5.47. The van der Waals surface area contributed by atoms with Gasteiger partial charge in [0.1, 0.15) is 5.76 Å². The van der Waals surface area contributed by atoms with E-state index in [9.17, 15) is 4.79 Å². The van der Waals surface area contributed by atoms with Crippen molar-refractivity contribution in [2.75, 3.05) is 26.6 Å². The van der Waals surface area contributed by atoms with Crippen LogP contribution in [0, 0.1) is 0 Å². The fraction of sp³-hybridized carbons (Fsp3) is 0.583. The molecule has 0 bridgehead atoms. The van der Waals surface area contributed by atoms with Crippen LogP contribution in [0.5, 0.6) is 0 Å². The van der Waals surface area contributed by atoms with Crippen LogP contribution in [0.15, 0.2) is 16.5 Å². The molecule has 1 unspecified atom stereocenters. The summed E-state index contributed by atoms with van der Waals surface area (Å²) in [5.41, 5.74) is 0. The Hall–Kier alpha value is -0.940. The summed E-state index contributed by atoms with van der Waals surface area (Å²) < 4.78 is 15.0. The van der Waals surface area contributed by atoms with E-state index in [-0.39, 0.29) is 11.0 Å². The summed E-state index contributed by atoms with van der Waals surface area (Å²) in [7, 11) is 3.04. The van der Waals surface area contributed by atoms with Crippen molar-refractivity contribution in [1.82, 2.24) is 0 Å². The van der Waals surface area contributed by atoms with E-state index in [1.54, 1.807) is 24.9 Å². The highest BCUT2D eigenvalue weighted by atomic mass is 32.2. The van der Waals surface area contributed by atoms with Gasteiger partial charge in [-0.3, -0.25) is 0 Å². The van der Waals surface area contributed by atoms with E-state index >= 15 is 0 Å². The Balaban J connectivity index is 2.43. The Kier molecular flexibility index (Phi) is 6.15. The number of esters is 1. The number of rotatable bonds is 7. The molecule has 1 aromatic heterocycles. The summed E-state index contributed by atoms with van der Waals surface area (Å²) in [4.78, 5) is 11.2. The minimum Gasteiger partial charge on any atom is -0.463 e. The maximum atomic E-state index is 11.2. The van der Waals surface area contributed by atoms with Crippen LogP contribution in [-0.4, -0.2) is 32.5 Å². The molecule has 96 valence electrons. The molecule has 4 nitrogen and oxygen atoms in total. The number of carbonyl (C=O) groups is 1. The van der Waals surface area contributed by atoms with E-state index in [1.165, 1.54) is 7.11 Å². The predicted octanol–water partition coefficient (Wildman–Crippen LogP) is 2.90. The topological polar surface area (TPSA) is 48.7 Å². The molecule has 0 N–H and O–H groups in total. The van der Waals surface area contributed by atoms with Gasteiger partial charge in [0.25, 0.3) is 0 Å². The van der Waals surface area contributed by atoms with Gasteiger partial charge in [0.05, 0.1) is 12.4 Å². The molecule has 0 saturated carbocycles. The zero-order chi connectivity index (χ0) is 12.7. The molecule has 5 heteroatoms. The minimum absolute atomic E-state index is 0.227. The highest BCUT2D eigenvalue weighted by molar-refractivity contribution is 7.99. The first-order chi connectivity index (χ1) is 8.19. The van der Waals surface area contributed by atoms with Gasteiger partial charge in [0.15, 0.2) is 0 Å². The van der Waals surface area contributed by atoms with Gasteiger partial charge < -0.3 is 13.9 Å². The molecule has 1 rings (SSSR count). The monoisotopic (exact) mass is 258 g/mol. The second-order valence-electron chi connectivity index (χ2n) is 3.55. The van der Waals surface area contributed by atoms with Gasteiger partial charge in [0, 0.05) is 13.7 Å². The minimum atomic E-state index is -0.437. The molecule has 17 heavy (non-hydrogen) atoms. The van der Waals surface area contributed by atoms with Gasteiger partial charge in [-0.2, -0.15) is 11.8 Å². The van der Waals surface area contributed by atoms with Crippen molar-refractivity contribution in [3.63, 3.8) is 0 Å². The first-order valence-corrected chi connectivity index (χ1v) is 6.52. The zero-order valence-corrected chi connectivity index (χ0v) is 11.2. The molecule has 0 aliphatic heterocycles. The summed E-state index contributed by atoms with van der Waals surface area (Å²) in [6.07, 6.45) is 1.01. The first kappa shape index (κ1) is 14.1. The molecule has 0 fully saturated rings. The second kappa shape index (κ2) is 7.40. The smallest absolute Gasteiger partial charge is 0.373 e. The lowest BCUT2D eigenvalue weighted by molar-refractivity contribution is 0.0563. The maximum absolute atomic E-state index is 11.2. The van der Waals surface area contributed by atoms with Gasteiger partial charge >= 0.3 is 5.97 Å². The molecule has 0 radical (unpaired) electrons. The van der Waals surface area contributed by atoms with Crippen LogP contribution in [0.1, 0.15) is 34.9 Å². The Morgan fingerprint density at radius 3 is 2.88 bits per heavy atom. The molecule has 0 aromatic carbocycles. The third-order valence-electron chi connectivity index (χ3n) is 2.27. The number of ether oxygens (including phenoxy) is 2. The number of thioether (sulfide) groups is 1. The van der Waals surface area contributed by atoms with Crippen molar-refractivity contribution in [2.24, 2.45) is 0 Å². The highest BCUT2D eigenvalue weighted by Crippen LogP contribution is 2.30. The lowest BCUT2D eigenvalue weighted by Gasteiger charge is -2.07. The molecular weight excluding hydrogens is 240 g/mol. The molecule has 1 heterocycles. The number of hydrogen-bond acceptors (Lipinski definition) is 5. The van der Waals surface area contributed by atoms with Crippen molar-refractivity contribution in [3.8, 4) is 0 Å². The Morgan fingerprint density at radius 1 is 1.47 bits per heavy atom. The largest absolute Gasteiger partial charge is 0.463 e. The van der Waals surface area contributed by atoms with Crippen molar-refractivity contribution < 1.29 is 18.7 Å². The second-order valence-corrected chi connectivity index (χ2v) is 5.00. The standard InChI is InChI=1S/C12H18O4S/c1-9(17-8-4-7-14-2)10-5-6-11(16-10)12(13)15-3/h5-6,9H,4,7-8H2,1-3H3. The van der Waals surface area contributed by atoms with Crippen molar-refractivity contribution >= 4 is 17.7 Å². The average Bonchev–Trinajstić information content (AvgIpc) is 2.83. The number of hydrogen-bond donors (Lipinski definition) is 0. The normalized spacial score (nSPS) is 12.4. The third-order valence-corrected chi connectivity index (χ3v) is 3.53. The maximum Gasteiger partial charge on any atom is 0.373 e. The van der Waals surface area contributed by atoms with Gasteiger partial charge in [0.2, 0.25) is 5.76 Å². The van der Waals surface area contributed by atoms with Gasteiger partial charge in [-0.05, 0) is 31.2 Å². The van der Waals surface area contributed by atoms with E-state index in [0.29, 0.717) is 0 Å². The van der Waals surface area contributed by atoms with Crippen LogP contribution in [0.2, 0.25) is 0 Å². The van der Waals surface area contributed by atoms with E-state index in [0.717, 1.165) is 24.5 Å². The van der Waals surface area contributed by atoms with E-state index in [4.69, 9.17) is 9.15 Å². The quantitative estimate of drug-likeness (QED) is 0.556. The number of furan rings is 1. The van der Waals surface area contributed by atoms with Crippen LogP contribution >= 0.6 is 11.8 Å². The van der Waals surface area contributed by atoms with Crippen LogP contribution < -0.4 is 0 Å². The van der Waals surface area contributed by atoms with Crippen LogP contribution in [0.4, 0.5) is 0 Å². The Bertz CT molecular complexity index is 348. The summed E-state index contributed by atoms with van der Waals surface area (Å²) in [5.74, 6) is 1.62. The predicted molar refractivity (Wildman–Crippen MR) is 67.4 cm³/mol. The SMILES string of the molecule is COCCCSC(C)c1ccc(C(=O)OC)o1. The summed E-state index contributed by atoms with van der Waals surface area (Å²) in [6.45, 7) is 2.82. The van der Waals surface area contributed by atoms with E-state index in [2.05, 4.69) is 11.7 Å².